The smallest absolute Gasteiger partial charge is 0.336 e. The van der Waals surface area contributed by atoms with Crippen molar-refractivity contribution in [2.75, 3.05) is 33.4 Å². The van der Waals surface area contributed by atoms with E-state index in [2.05, 4.69) is 0 Å². The maximum Gasteiger partial charge on any atom is 0.336 e. The number of esters is 1. The van der Waals surface area contributed by atoms with Crippen molar-refractivity contribution in [2.45, 2.75) is 13.8 Å². The molecule has 0 aliphatic carbocycles. The molecule has 1 aromatic carbocycles. The van der Waals surface area contributed by atoms with Gasteiger partial charge in [-0.3, -0.25) is 4.79 Å². The summed E-state index contributed by atoms with van der Waals surface area (Å²) >= 11 is 0. The van der Waals surface area contributed by atoms with Crippen molar-refractivity contribution in [2.24, 2.45) is 0 Å². The molecule has 0 N–H and O–H groups in total. The molecule has 142 valence electrons. The molecule has 1 fully saturated rings. The number of hydrogen-bond acceptors (Lipinski definition) is 6. The number of amides is 1. The third kappa shape index (κ3) is 5.69. The summed E-state index contributed by atoms with van der Waals surface area (Å²) < 4.78 is 15.7. The first kappa shape index (κ1) is 20.2. The van der Waals surface area contributed by atoms with Crippen LogP contribution in [0.3, 0.4) is 0 Å². The van der Waals surface area contributed by atoms with Gasteiger partial charge in [-0.2, -0.15) is 5.26 Å². The molecule has 7 nitrogen and oxygen atoms in total. The second-order valence-electron chi connectivity index (χ2n) is 6.13. The predicted molar refractivity (Wildman–Crippen MR) is 99.0 cm³/mol. The Morgan fingerprint density at radius 2 is 1.93 bits per heavy atom. The van der Waals surface area contributed by atoms with E-state index in [-0.39, 0.29) is 17.2 Å². The number of allylic oxidation sites excluding steroid dienone is 1. The van der Waals surface area contributed by atoms with Crippen LogP contribution in [-0.2, 0) is 14.3 Å². The number of carbonyl (C=O) groups excluding carboxylic acids is 2. The lowest BCUT2D eigenvalue weighted by Crippen LogP contribution is -2.41. The van der Waals surface area contributed by atoms with E-state index >= 15 is 0 Å². The molecule has 0 spiro atoms. The average Bonchev–Trinajstić information content (AvgIpc) is 2.66. The fraction of sp³-hybridized carbons (Fsp3) is 0.350. The summed E-state index contributed by atoms with van der Waals surface area (Å²) in [6, 6.07) is 6.77. The summed E-state index contributed by atoms with van der Waals surface area (Å²) in [5.41, 5.74) is 1.43. The fourth-order valence-corrected chi connectivity index (χ4v) is 2.48. The lowest BCUT2D eigenvalue weighted by atomic mass is 10.1. The van der Waals surface area contributed by atoms with E-state index in [0.717, 1.165) is 5.57 Å². The predicted octanol–water partition coefficient (Wildman–Crippen LogP) is 2.33. The van der Waals surface area contributed by atoms with Gasteiger partial charge in [0.2, 0.25) is 0 Å². The van der Waals surface area contributed by atoms with Crippen LogP contribution in [0.1, 0.15) is 19.4 Å². The molecule has 1 aliphatic heterocycles. The molecule has 7 heteroatoms. The van der Waals surface area contributed by atoms with Crippen molar-refractivity contribution in [3.63, 3.8) is 0 Å². The Balaban J connectivity index is 2.23. The minimum absolute atomic E-state index is 0.0215. The van der Waals surface area contributed by atoms with Gasteiger partial charge in [0.15, 0.2) is 11.5 Å². The highest BCUT2D eigenvalue weighted by molar-refractivity contribution is 6.01. The van der Waals surface area contributed by atoms with Crippen molar-refractivity contribution in [1.29, 1.82) is 5.26 Å². The monoisotopic (exact) mass is 370 g/mol. The number of carbonyl (C=O) groups is 2. The Morgan fingerprint density at radius 1 is 1.22 bits per heavy atom. The van der Waals surface area contributed by atoms with E-state index < -0.39 is 5.97 Å². The normalized spacial score (nSPS) is 14.1. The number of benzene rings is 1. The zero-order chi connectivity index (χ0) is 19.8. The van der Waals surface area contributed by atoms with Gasteiger partial charge in [-0.15, -0.1) is 0 Å². The molecule has 1 aromatic rings. The largest absolute Gasteiger partial charge is 0.493 e. The molecule has 0 saturated carbocycles. The lowest BCUT2D eigenvalue weighted by Gasteiger charge is -2.26. The summed E-state index contributed by atoms with van der Waals surface area (Å²) in [5.74, 6) is -0.249. The van der Waals surface area contributed by atoms with Crippen molar-refractivity contribution in [3.05, 3.63) is 41.0 Å². The molecule has 2 rings (SSSR count). The molecule has 1 heterocycles. The first-order chi connectivity index (χ1) is 12.9. The van der Waals surface area contributed by atoms with Crippen LogP contribution in [0.5, 0.6) is 11.5 Å². The molecule has 27 heavy (non-hydrogen) atoms. The zero-order valence-corrected chi connectivity index (χ0v) is 15.7. The van der Waals surface area contributed by atoms with E-state index in [0.29, 0.717) is 37.6 Å². The maximum atomic E-state index is 12.5. The van der Waals surface area contributed by atoms with Crippen LogP contribution >= 0.6 is 0 Å². The molecule has 0 aromatic heterocycles. The van der Waals surface area contributed by atoms with Gasteiger partial charge >= 0.3 is 5.97 Å². The highest BCUT2D eigenvalue weighted by atomic mass is 16.6. The van der Waals surface area contributed by atoms with E-state index in [1.807, 2.05) is 6.07 Å². The van der Waals surface area contributed by atoms with Crippen LogP contribution in [0.2, 0.25) is 0 Å². The summed E-state index contributed by atoms with van der Waals surface area (Å²) in [4.78, 5) is 25.9. The first-order valence-corrected chi connectivity index (χ1v) is 8.48. The van der Waals surface area contributed by atoms with Crippen LogP contribution in [0.4, 0.5) is 0 Å². The van der Waals surface area contributed by atoms with Crippen molar-refractivity contribution >= 4 is 18.0 Å². The third-order valence-electron chi connectivity index (χ3n) is 3.76. The number of nitrogens with zero attached hydrogens (tertiary/aromatic N) is 2. The molecule has 0 atom stereocenters. The summed E-state index contributed by atoms with van der Waals surface area (Å²) in [6.07, 6.45) is 2.87. The number of hydrogen-bond donors (Lipinski definition) is 0. The maximum absolute atomic E-state index is 12.5. The van der Waals surface area contributed by atoms with E-state index in [9.17, 15) is 14.9 Å². The van der Waals surface area contributed by atoms with Crippen LogP contribution in [-0.4, -0.2) is 50.2 Å². The molecule has 1 amide bonds. The van der Waals surface area contributed by atoms with E-state index in [1.165, 1.54) is 19.3 Å². The Bertz CT molecular complexity index is 810. The molecule has 0 unspecified atom stereocenters. The molecule has 1 saturated heterocycles. The number of rotatable bonds is 5. The third-order valence-corrected chi connectivity index (χ3v) is 3.76. The van der Waals surface area contributed by atoms with E-state index in [4.69, 9.17) is 14.2 Å². The fourth-order valence-electron chi connectivity index (χ4n) is 2.48. The van der Waals surface area contributed by atoms with Gasteiger partial charge in [-0.1, -0.05) is 11.6 Å². The van der Waals surface area contributed by atoms with Crippen molar-refractivity contribution in [1.82, 2.24) is 4.90 Å². The Kier molecular flexibility index (Phi) is 7.15. The van der Waals surface area contributed by atoms with Crippen molar-refractivity contribution < 1.29 is 23.8 Å². The molecule has 0 radical (unpaired) electrons. The standard InChI is InChI=1S/C20H22N2O5/c1-14(2)10-19(23)27-17-5-4-15(12-18(17)25-3)11-16(13-21)20(24)22-6-8-26-9-7-22/h4-5,10-12H,6-9H2,1-3H3/b16-11+. The minimum Gasteiger partial charge on any atom is -0.493 e. The summed E-state index contributed by atoms with van der Waals surface area (Å²) in [6.45, 7) is 5.43. The number of morpholine rings is 1. The summed E-state index contributed by atoms with van der Waals surface area (Å²) in [5, 5.41) is 9.37. The highest BCUT2D eigenvalue weighted by Crippen LogP contribution is 2.29. The van der Waals surface area contributed by atoms with Crippen LogP contribution in [0.25, 0.3) is 6.08 Å². The second kappa shape index (κ2) is 9.55. The van der Waals surface area contributed by atoms with Crippen molar-refractivity contribution in [3.8, 4) is 17.6 Å². The SMILES string of the molecule is COc1cc(/C=C(\C#N)C(=O)N2CCOCC2)ccc1OC(=O)C=C(C)C. The Morgan fingerprint density at radius 3 is 2.52 bits per heavy atom. The number of methoxy groups -OCH3 is 1. The molecular weight excluding hydrogens is 348 g/mol. The Hall–Kier alpha value is -3.11. The van der Waals surface area contributed by atoms with Crippen LogP contribution < -0.4 is 9.47 Å². The van der Waals surface area contributed by atoms with Gasteiger partial charge in [-0.05, 0) is 37.6 Å². The van der Waals surface area contributed by atoms with Gasteiger partial charge in [-0.25, -0.2) is 4.79 Å². The van der Waals surface area contributed by atoms with Gasteiger partial charge in [0.25, 0.3) is 5.91 Å². The van der Waals surface area contributed by atoms with Gasteiger partial charge in [0.05, 0.1) is 20.3 Å². The Labute approximate surface area is 158 Å². The zero-order valence-electron chi connectivity index (χ0n) is 15.7. The minimum atomic E-state index is -0.503. The van der Waals surface area contributed by atoms with Crippen LogP contribution in [0, 0.1) is 11.3 Å². The van der Waals surface area contributed by atoms with E-state index in [1.54, 1.807) is 36.9 Å². The number of nitriles is 1. The molecule has 1 aliphatic rings. The van der Waals surface area contributed by atoms with Gasteiger partial charge in [0, 0.05) is 19.2 Å². The molecular formula is C20H22N2O5. The topological polar surface area (TPSA) is 88.9 Å². The van der Waals surface area contributed by atoms with Gasteiger partial charge < -0.3 is 19.1 Å². The average molecular weight is 370 g/mol. The lowest BCUT2D eigenvalue weighted by molar-refractivity contribution is -0.130. The highest BCUT2D eigenvalue weighted by Gasteiger charge is 2.20. The second-order valence-corrected chi connectivity index (χ2v) is 6.13. The number of ether oxygens (including phenoxy) is 3. The first-order valence-electron chi connectivity index (χ1n) is 8.48. The van der Waals surface area contributed by atoms with Crippen LogP contribution in [0.15, 0.2) is 35.4 Å². The molecule has 0 bridgehead atoms. The quantitative estimate of drug-likeness (QED) is 0.342. The van der Waals surface area contributed by atoms with Gasteiger partial charge in [0.1, 0.15) is 11.6 Å². The summed E-state index contributed by atoms with van der Waals surface area (Å²) in [7, 11) is 1.45.